The standard InChI is InChI=1S/C15H9BrINO4S/c16-9-6-7-12-11(8-9)13(17)14(15(19)20)18(12)23(21,22)10-4-2-1-3-5-10/h1-8H,(H,19,20). The van der Waals surface area contributed by atoms with Crippen LogP contribution in [0.4, 0.5) is 0 Å². The lowest BCUT2D eigenvalue weighted by molar-refractivity contribution is 0.0688. The largest absolute Gasteiger partial charge is 0.477 e. The zero-order valence-electron chi connectivity index (χ0n) is 11.4. The van der Waals surface area contributed by atoms with Crippen LogP contribution < -0.4 is 0 Å². The molecule has 0 amide bonds. The van der Waals surface area contributed by atoms with E-state index in [2.05, 4.69) is 15.9 Å². The Morgan fingerprint density at radius 3 is 2.39 bits per heavy atom. The first-order valence-corrected chi connectivity index (χ1v) is 9.68. The number of aromatic nitrogens is 1. The van der Waals surface area contributed by atoms with Gasteiger partial charge in [0.2, 0.25) is 0 Å². The second-order valence-corrected chi connectivity index (χ2v) is 8.49. The van der Waals surface area contributed by atoms with Crippen LogP contribution in [0.1, 0.15) is 10.5 Å². The van der Waals surface area contributed by atoms with Gasteiger partial charge in [0, 0.05) is 9.86 Å². The van der Waals surface area contributed by atoms with Crippen molar-refractivity contribution in [3.8, 4) is 0 Å². The van der Waals surface area contributed by atoms with Crippen LogP contribution >= 0.6 is 38.5 Å². The van der Waals surface area contributed by atoms with E-state index in [0.29, 0.717) is 14.5 Å². The minimum absolute atomic E-state index is 0.0405. The molecule has 0 radical (unpaired) electrons. The number of aromatic carboxylic acids is 1. The van der Waals surface area contributed by atoms with Gasteiger partial charge >= 0.3 is 5.97 Å². The van der Waals surface area contributed by atoms with Gasteiger partial charge in [-0.15, -0.1) is 0 Å². The molecule has 0 unspecified atom stereocenters. The molecule has 1 N–H and O–H groups in total. The summed E-state index contributed by atoms with van der Waals surface area (Å²) in [5, 5.41) is 10.1. The summed E-state index contributed by atoms with van der Waals surface area (Å²) in [5.74, 6) is -1.29. The molecule has 0 saturated carbocycles. The van der Waals surface area contributed by atoms with Crippen LogP contribution in [0.3, 0.4) is 0 Å². The predicted octanol–water partition coefficient (Wildman–Crippen LogP) is 3.94. The van der Waals surface area contributed by atoms with Crippen molar-refractivity contribution in [1.29, 1.82) is 0 Å². The van der Waals surface area contributed by atoms with Gasteiger partial charge in [0.1, 0.15) is 0 Å². The molecule has 0 bridgehead atoms. The van der Waals surface area contributed by atoms with E-state index in [1.165, 1.54) is 12.1 Å². The molecule has 0 saturated heterocycles. The molecule has 3 rings (SSSR count). The van der Waals surface area contributed by atoms with Crippen LogP contribution in [0.15, 0.2) is 57.9 Å². The second kappa shape index (κ2) is 5.91. The monoisotopic (exact) mass is 505 g/mol. The second-order valence-electron chi connectivity index (χ2n) is 4.71. The Morgan fingerprint density at radius 2 is 1.78 bits per heavy atom. The zero-order chi connectivity index (χ0) is 16.8. The quantitative estimate of drug-likeness (QED) is 0.547. The van der Waals surface area contributed by atoms with Crippen LogP contribution in [0.5, 0.6) is 0 Å². The fraction of sp³-hybridized carbons (Fsp3) is 0. The molecule has 1 aromatic heterocycles. The van der Waals surface area contributed by atoms with E-state index in [1.807, 2.05) is 22.6 Å². The molecule has 2 aromatic carbocycles. The smallest absolute Gasteiger partial charge is 0.354 e. The van der Waals surface area contributed by atoms with Gasteiger partial charge in [-0.1, -0.05) is 34.1 Å². The van der Waals surface area contributed by atoms with Crippen LogP contribution in [-0.2, 0) is 10.0 Å². The fourth-order valence-corrected chi connectivity index (χ4v) is 5.30. The molecule has 5 nitrogen and oxygen atoms in total. The minimum Gasteiger partial charge on any atom is -0.477 e. The average molecular weight is 506 g/mol. The highest BCUT2D eigenvalue weighted by Gasteiger charge is 2.29. The summed E-state index contributed by atoms with van der Waals surface area (Å²) in [7, 11) is -4.02. The summed E-state index contributed by atoms with van der Waals surface area (Å²) in [5.41, 5.74) is 0.0707. The first-order valence-electron chi connectivity index (χ1n) is 6.37. The summed E-state index contributed by atoms with van der Waals surface area (Å²) in [6.07, 6.45) is 0. The Balaban J connectivity index is 2.46. The van der Waals surface area contributed by atoms with E-state index in [9.17, 15) is 18.3 Å². The number of halogens is 2. The Labute approximate surface area is 154 Å². The lowest BCUT2D eigenvalue weighted by Gasteiger charge is -2.10. The highest BCUT2D eigenvalue weighted by molar-refractivity contribution is 14.1. The number of carboxylic acid groups (broad SMARTS) is 1. The molecule has 1 heterocycles. The molecule has 0 spiro atoms. The molecular weight excluding hydrogens is 497 g/mol. The van der Waals surface area contributed by atoms with Crippen molar-refractivity contribution in [1.82, 2.24) is 3.97 Å². The van der Waals surface area contributed by atoms with Crippen LogP contribution in [-0.4, -0.2) is 23.5 Å². The number of rotatable bonds is 3. The van der Waals surface area contributed by atoms with E-state index in [4.69, 9.17) is 0 Å². The maximum atomic E-state index is 13.0. The van der Waals surface area contributed by atoms with Gasteiger partial charge in [-0.2, -0.15) is 0 Å². The first-order chi connectivity index (χ1) is 10.8. The highest BCUT2D eigenvalue weighted by Crippen LogP contribution is 2.33. The van der Waals surface area contributed by atoms with Gasteiger partial charge in [0.15, 0.2) is 5.69 Å². The predicted molar refractivity (Wildman–Crippen MR) is 98.3 cm³/mol. The zero-order valence-corrected chi connectivity index (χ0v) is 16.0. The third-order valence-corrected chi connectivity index (χ3v) is 6.62. The highest BCUT2D eigenvalue weighted by atomic mass is 127. The average Bonchev–Trinajstić information content (AvgIpc) is 2.81. The molecule has 23 heavy (non-hydrogen) atoms. The summed E-state index contributed by atoms with van der Waals surface area (Å²) in [6, 6.07) is 12.8. The van der Waals surface area contributed by atoms with E-state index in [-0.39, 0.29) is 10.6 Å². The Hall–Kier alpha value is -1.39. The van der Waals surface area contributed by atoms with Crippen LogP contribution in [0.2, 0.25) is 0 Å². The number of carbonyl (C=O) groups is 1. The van der Waals surface area contributed by atoms with Crippen molar-refractivity contribution in [3.63, 3.8) is 0 Å². The number of hydrogen-bond donors (Lipinski definition) is 1. The summed E-state index contributed by atoms with van der Waals surface area (Å²) >= 11 is 5.19. The molecule has 0 aliphatic heterocycles. The van der Waals surface area contributed by atoms with E-state index in [1.54, 1.807) is 36.4 Å². The molecule has 0 aliphatic carbocycles. The summed E-state index contributed by atoms with van der Waals surface area (Å²) in [6.45, 7) is 0. The van der Waals surface area contributed by atoms with Gasteiger partial charge in [-0.25, -0.2) is 17.2 Å². The van der Waals surface area contributed by atoms with Crippen molar-refractivity contribution in [2.45, 2.75) is 4.90 Å². The fourth-order valence-electron chi connectivity index (χ4n) is 2.33. The number of nitrogens with zero attached hydrogens (tertiary/aromatic N) is 1. The summed E-state index contributed by atoms with van der Waals surface area (Å²) in [4.78, 5) is 11.7. The third-order valence-electron chi connectivity index (χ3n) is 3.31. The van der Waals surface area contributed by atoms with E-state index < -0.39 is 16.0 Å². The van der Waals surface area contributed by atoms with E-state index in [0.717, 1.165) is 8.45 Å². The first kappa shape index (κ1) is 16.5. The van der Waals surface area contributed by atoms with E-state index >= 15 is 0 Å². The molecule has 8 heteroatoms. The maximum Gasteiger partial charge on any atom is 0.354 e. The maximum absolute atomic E-state index is 13.0. The van der Waals surface area contributed by atoms with Gasteiger partial charge in [-0.05, 0) is 52.9 Å². The number of hydrogen-bond acceptors (Lipinski definition) is 3. The van der Waals surface area contributed by atoms with Gasteiger partial charge < -0.3 is 5.11 Å². The van der Waals surface area contributed by atoms with Crippen LogP contribution in [0.25, 0.3) is 10.9 Å². The Morgan fingerprint density at radius 1 is 1.13 bits per heavy atom. The van der Waals surface area contributed by atoms with Gasteiger partial charge in [0.25, 0.3) is 10.0 Å². The molecule has 0 fully saturated rings. The topological polar surface area (TPSA) is 76.4 Å². The van der Waals surface area contributed by atoms with Crippen molar-refractivity contribution >= 4 is 65.4 Å². The lowest BCUT2D eigenvalue weighted by atomic mass is 10.2. The number of fused-ring (bicyclic) bond motifs is 1. The normalized spacial score (nSPS) is 11.7. The molecule has 0 atom stereocenters. The van der Waals surface area contributed by atoms with Gasteiger partial charge in [0.05, 0.1) is 14.0 Å². The third kappa shape index (κ3) is 2.68. The van der Waals surface area contributed by atoms with Crippen molar-refractivity contribution in [2.24, 2.45) is 0 Å². The Kier molecular flexibility index (Phi) is 4.23. The Bertz CT molecular complexity index is 1030. The SMILES string of the molecule is O=C(O)c1c(I)c2cc(Br)ccc2n1S(=O)(=O)c1ccccc1. The van der Waals surface area contributed by atoms with Gasteiger partial charge in [-0.3, -0.25) is 0 Å². The van der Waals surface area contributed by atoms with Crippen molar-refractivity contribution in [2.75, 3.05) is 0 Å². The number of benzene rings is 2. The molecule has 3 aromatic rings. The molecular formula is C15H9BrINO4S. The van der Waals surface area contributed by atoms with Crippen molar-refractivity contribution < 1.29 is 18.3 Å². The van der Waals surface area contributed by atoms with Crippen molar-refractivity contribution in [3.05, 3.63) is 62.3 Å². The minimum atomic E-state index is -4.02. The summed E-state index contributed by atoms with van der Waals surface area (Å²) < 4.78 is 27.9. The molecule has 0 aliphatic rings. The number of carboxylic acids is 1. The van der Waals surface area contributed by atoms with Crippen LogP contribution in [0, 0.1) is 3.57 Å². The lowest BCUT2D eigenvalue weighted by Crippen LogP contribution is -2.19. The molecule has 118 valence electrons.